The third kappa shape index (κ3) is 2.84. The predicted molar refractivity (Wildman–Crippen MR) is 111 cm³/mol. The van der Waals surface area contributed by atoms with E-state index >= 15 is 0 Å². The zero-order valence-corrected chi connectivity index (χ0v) is 16.4. The van der Waals surface area contributed by atoms with Crippen molar-refractivity contribution in [2.45, 2.75) is 18.7 Å². The summed E-state index contributed by atoms with van der Waals surface area (Å²) in [6.45, 7) is 3.88. The average molecular weight is 389 g/mol. The Kier molecular flexibility index (Phi) is 4.40. The van der Waals surface area contributed by atoms with Crippen LogP contribution in [0, 0.1) is 13.8 Å². The van der Waals surface area contributed by atoms with Crippen LogP contribution in [0.25, 0.3) is 22.0 Å². The van der Waals surface area contributed by atoms with E-state index in [1.54, 1.807) is 36.4 Å². The third-order valence-corrected chi connectivity index (χ3v) is 6.62. The summed E-state index contributed by atoms with van der Waals surface area (Å²) in [5.41, 5.74) is 4.11. The maximum absolute atomic E-state index is 13.4. The van der Waals surface area contributed by atoms with Gasteiger partial charge in [-0.1, -0.05) is 65.7 Å². The largest absolute Gasteiger partial charge is 0.296 e. The molecule has 0 atom stereocenters. The quantitative estimate of drug-likeness (QED) is 0.463. The second kappa shape index (κ2) is 6.77. The molecule has 0 bridgehead atoms. The highest BCUT2D eigenvalue weighted by molar-refractivity contribution is 7.90. The fourth-order valence-corrected chi connectivity index (χ4v) is 4.94. The standard InChI is InChI=1S/C23H19NO3S/c1-16-7-11-18(12-8-16)23-20-5-3-4-6-21(20)24(22(23)15-25)28(26,27)19-13-9-17(2)10-14-19/h3-15H,1-2H3. The van der Waals surface area contributed by atoms with Gasteiger partial charge in [0.15, 0.2) is 6.29 Å². The van der Waals surface area contributed by atoms with E-state index in [9.17, 15) is 13.2 Å². The lowest BCUT2D eigenvalue weighted by atomic mass is 10.0. The summed E-state index contributed by atoms with van der Waals surface area (Å²) in [4.78, 5) is 12.3. The molecular formula is C23H19NO3S. The number of rotatable bonds is 4. The van der Waals surface area contributed by atoms with Gasteiger partial charge >= 0.3 is 0 Å². The van der Waals surface area contributed by atoms with Gasteiger partial charge in [-0.05, 0) is 37.6 Å². The van der Waals surface area contributed by atoms with Gasteiger partial charge in [0, 0.05) is 10.9 Å². The Morgan fingerprint density at radius 3 is 1.96 bits per heavy atom. The van der Waals surface area contributed by atoms with Gasteiger partial charge in [0.1, 0.15) is 5.69 Å². The van der Waals surface area contributed by atoms with Crippen LogP contribution in [0.5, 0.6) is 0 Å². The summed E-state index contributed by atoms with van der Waals surface area (Å²) in [5, 5.41) is 0.726. The van der Waals surface area contributed by atoms with Gasteiger partial charge in [-0.2, -0.15) is 0 Å². The predicted octanol–water partition coefficient (Wildman–Crippen LogP) is 4.97. The molecule has 1 aromatic heterocycles. The molecule has 0 radical (unpaired) electrons. The number of hydrogen-bond donors (Lipinski definition) is 0. The maximum atomic E-state index is 13.4. The number of benzene rings is 3. The van der Waals surface area contributed by atoms with Crippen molar-refractivity contribution in [3.05, 3.63) is 89.6 Å². The molecule has 4 rings (SSSR count). The summed E-state index contributed by atoms with van der Waals surface area (Å²) in [7, 11) is -3.94. The summed E-state index contributed by atoms with van der Waals surface area (Å²) < 4.78 is 28.0. The smallest absolute Gasteiger partial charge is 0.268 e. The van der Waals surface area contributed by atoms with Crippen molar-refractivity contribution in [2.75, 3.05) is 0 Å². The van der Waals surface area contributed by atoms with Gasteiger partial charge < -0.3 is 0 Å². The Balaban J connectivity index is 2.09. The molecule has 4 aromatic rings. The molecule has 0 fully saturated rings. The normalized spacial score (nSPS) is 11.6. The Morgan fingerprint density at radius 1 is 0.786 bits per heavy atom. The van der Waals surface area contributed by atoms with Crippen LogP contribution in [-0.4, -0.2) is 18.7 Å². The second-order valence-electron chi connectivity index (χ2n) is 6.84. The molecule has 0 aliphatic heterocycles. The SMILES string of the molecule is Cc1ccc(-c2c(C=O)n(S(=O)(=O)c3ccc(C)cc3)c3ccccc23)cc1. The molecule has 0 N–H and O–H groups in total. The fourth-order valence-electron chi connectivity index (χ4n) is 3.44. The summed E-state index contributed by atoms with van der Waals surface area (Å²) in [6, 6.07) is 21.5. The molecule has 140 valence electrons. The topological polar surface area (TPSA) is 56.1 Å². The minimum absolute atomic E-state index is 0.130. The lowest BCUT2D eigenvalue weighted by molar-refractivity contribution is 0.111. The zero-order valence-electron chi connectivity index (χ0n) is 15.6. The first-order valence-corrected chi connectivity index (χ1v) is 10.4. The minimum Gasteiger partial charge on any atom is -0.296 e. The van der Waals surface area contributed by atoms with Crippen LogP contribution in [0.4, 0.5) is 0 Å². The molecule has 1 heterocycles. The van der Waals surface area contributed by atoms with Gasteiger partial charge in [0.05, 0.1) is 10.4 Å². The number of aryl methyl sites for hydroxylation is 2. The zero-order chi connectivity index (χ0) is 19.9. The Bertz CT molecular complexity index is 1280. The Labute approximate surface area is 164 Å². The first-order chi connectivity index (χ1) is 13.4. The van der Waals surface area contributed by atoms with Crippen molar-refractivity contribution in [3.63, 3.8) is 0 Å². The maximum Gasteiger partial charge on any atom is 0.268 e. The van der Waals surface area contributed by atoms with Gasteiger partial charge in [-0.15, -0.1) is 0 Å². The molecule has 0 amide bonds. The van der Waals surface area contributed by atoms with Crippen LogP contribution in [0.15, 0.2) is 77.7 Å². The molecule has 0 aliphatic carbocycles. The number of fused-ring (bicyclic) bond motifs is 1. The second-order valence-corrected chi connectivity index (χ2v) is 8.63. The summed E-state index contributed by atoms with van der Waals surface area (Å²) >= 11 is 0. The van der Waals surface area contributed by atoms with Crippen LogP contribution in [-0.2, 0) is 10.0 Å². The van der Waals surface area contributed by atoms with Gasteiger partial charge in [0.2, 0.25) is 0 Å². The molecule has 0 spiro atoms. The first-order valence-electron chi connectivity index (χ1n) is 8.91. The van der Waals surface area contributed by atoms with Crippen LogP contribution < -0.4 is 0 Å². The Morgan fingerprint density at radius 2 is 1.36 bits per heavy atom. The molecule has 0 aliphatic rings. The van der Waals surface area contributed by atoms with E-state index in [4.69, 9.17) is 0 Å². The summed E-state index contributed by atoms with van der Waals surface area (Å²) in [6.07, 6.45) is 0.626. The number of hydrogen-bond acceptors (Lipinski definition) is 3. The van der Waals surface area contributed by atoms with Crippen molar-refractivity contribution in [1.29, 1.82) is 0 Å². The molecular weight excluding hydrogens is 370 g/mol. The highest BCUT2D eigenvalue weighted by atomic mass is 32.2. The van der Waals surface area contributed by atoms with E-state index in [2.05, 4.69) is 0 Å². The van der Waals surface area contributed by atoms with E-state index in [1.165, 1.54) is 0 Å². The van der Waals surface area contributed by atoms with Gasteiger partial charge in [-0.3, -0.25) is 4.79 Å². The van der Waals surface area contributed by atoms with E-state index in [0.717, 1.165) is 26.0 Å². The number of para-hydroxylation sites is 1. The molecule has 0 saturated heterocycles. The van der Waals surface area contributed by atoms with E-state index in [-0.39, 0.29) is 10.6 Å². The van der Waals surface area contributed by atoms with E-state index in [0.29, 0.717) is 17.4 Å². The molecule has 3 aromatic carbocycles. The van der Waals surface area contributed by atoms with E-state index in [1.807, 2.05) is 50.2 Å². The van der Waals surface area contributed by atoms with Crippen molar-refractivity contribution in [2.24, 2.45) is 0 Å². The number of carbonyl (C=O) groups is 1. The van der Waals surface area contributed by atoms with Crippen molar-refractivity contribution in [1.82, 2.24) is 3.97 Å². The van der Waals surface area contributed by atoms with Crippen LogP contribution >= 0.6 is 0 Å². The monoisotopic (exact) mass is 389 g/mol. The molecule has 28 heavy (non-hydrogen) atoms. The van der Waals surface area contributed by atoms with Gasteiger partial charge in [-0.25, -0.2) is 12.4 Å². The lowest BCUT2D eigenvalue weighted by Crippen LogP contribution is -2.15. The average Bonchev–Trinajstić information content (AvgIpc) is 3.04. The van der Waals surface area contributed by atoms with Gasteiger partial charge in [0.25, 0.3) is 10.0 Å². The number of nitrogens with zero attached hydrogens (tertiary/aromatic N) is 1. The van der Waals surface area contributed by atoms with E-state index < -0.39 is 10.0 Å². The molecule has 4 nitrogen and oxygen atoms in total. The fraction of sp³-hybridized carbons (Fsp3) is 0.0870. The van der Waals surface area contributed by atoms with Crippen molar-refractivity contribution < 1.29 is 13.2 Å². The molecule has 5 heteroatoms. The number of aldehydes is 1. The summed E-state index contributed by atoms with van der Waals surface area (Å²) in [5.74, 6) is 0. The first kappa shape index (κ1) is 18.2. The van der Waals surface area contributed by atoms with Crippen molar-refractivity contribution in [3.8, 4) is 11.1 Å². The minimum atomic E-state index is -3.94. The molecule has 0 unspecified atom stereocenters. The Hall–Kier alpha value is -3.18. The lowest BCUT2D eigenvalue weighted by Gasteiger charge is -2.10. The third-order valence-electron chi connectivity index (χ3n) is 4.88. The van der Waals surface area contributed by atoms with Crippen LogP contribution in [0.2, 0.25) is 0 Å². The van der Waals surface area contributed by atoms with Crippen molar-refractivity contribution >= 4 is 27.2 Å². The highest BCUT2D eigenvalue weighted by Crippen LogP contribution is 2.36. The number of carbonyl (C=O) groups excluding carboxylic acids is 1. The highest BCUT2D eigenvalue weighted by Gasteiger charge is 2.27. The molecule has 0 saturated carbocycles. The number of aromatic nitrogens is 1. The van der Waals surface area contributed by atoms with Crippen LogP contribution in [0.1, 0.15) is 21.6 Å². The van der Waals surface area contributed by atoms with Crippen LogP contribution in [0.3, 0.4) is 0 Å².